The average Bonchev–Trinajstić information content (AvgIpc) is 3.04. The van der Waals surface area contributed by atoms with Gasteiger partial charge in [0.25, 0.3) is 0 Å². The van der Waals surface area contributed by atoms with Gasteiger partial charge in [-0.1, -0.05) is 35.3 Å². The maximum atomic E-state index is 13.9. The van der Waals surface area contributed by atoms with Gasteiger partial charge in [0.2, 0.25) is 0 Å². The number of nitriles is 1. The highest BCUT2D eigenvalue weighted by Gasteiger charge is 2.63. The normalized spacial score (nSPS) is 19.4. The molecule has 2 heterocycles. The van der Waals surface area contributed by atoms with Crippen LogP contribution >= 0.6 is 23.2 Å². The summed E-state index contributed by atoms with van der Waals surface area (Å²) in [6, 6.07) is 23.5. The summed E-state index contributed by atoms with van der Waals surface area (Å²) in [4.78, 5) is 17.5. The second kappa shape index (κ2) is 7.58. The Morgan fingerprint density at radius 2 is 1.55 bits per heavy atom. The van der Waals surface area contributed by atoms with Crippen LogP contribution in [0.3, 0.4) is 0 Å². The number of benzene rings is 3. The maximum Gasteiger partial charge on any atom is 0.330 e. The number of amides is 2. The van der Waals surface area contributed by atoms with Crippen molar-refractivity contribution in [3.8, 4) is 6.07 Å². The summed E-state index contributed by atoms with van der Waals surface area (Å²) < 4.78 is 5.66. The van der Waals surface area contributed by atoms with Crippen molar-refractivity contribution in [3.05, 3.63) is 94.0 Å². The summed E-state index contributed by atoms with van der Waals surface area (Å²) in [6.07, 6.45) is 0. The smallest absolute Gasteiger partial charge is 0.330 e. The Hall–Kier alpha value is -3.04. The number of hydrogen-bond acceptors (Lipinski definition) is 3. The zero-order valence-corrected chi connectivity index (χ0v) is 17.8. The molecule has 154 valence electrons. The summed E-state index contributed by atoms with van der Waals surface area (Å²) in [5, 5.41) is 10.6. The number of ether oxygens (including phenoxy) is 1. The molecule has 1 atom stereocenters. The molecule has 2 saturated heterocycles. The molecule has 31 heavy (non-hydrogen) atoms. The third kappa shape index (κ3) is 3.16. The van der Waals surface area contributed by atoms with Crippen molar-refractivity contribution < 1.29 is 9.53 Å². The Morgan fingerprint density at radius 1 is 0.935 bits per heavy atom. The lowest BCUT2D eigenvalue weighted by molar-refractivity contribution is -0.0580. The van der Waals surface area contributed by atoms with Crippen molar-refractivity contribution >= 4 is 40.6 Å². The quantitative estimate of drug-likeness (QED) is 0.505. The molecule has 7 heteroatoms. The molecule has 0 unspecified atom stereocenters. The molecule has 0 radical (unpaired) electrons. The van der Waals surface area contributed by atoms with Crippen LogP contribution in [-0.2, 0) is 4.74 Å². The summed E-state index contributed by atoms with van der Waals surface area (Å²) in [5.41, 5.74) is 2.28. The summed E-state index contributed by atoms with van der Waals surface area (Å²) in [6.45, 7) is 0.764. The van der Waals surface area contributed by atoms with Crippen molar-refractivity contribution in [3.63, 3.8) is 0 Å². The first-order valence-corrected chi connectivity index (χ1v) is 10.5. The minimum Gasteiger partial charge on any atom is -0.376 e. The Balaban J connectivity index is 1.71. The van der Waals surface area contributed by atoms with Crippen LogP contribution in [0.25, 0.3) is 0 Å². The molecule has 2 aliphatic heterocycles. The van der Waals surface area contributed by atoms with E-state index in [0.29, 0.717) is 28.8 Å². The van der Waals surface area contributed by atoms with E-state index in [9.17, 15) is 10.1 Å². The lowest BCUT2D eigenvalue weighted by atomic mass is 9.82. The molecule has 2 aliphatic rings. The van der Waals surface area contributed by atoms with Crippen LogP contribution in [0.4, 0.5) is 16.2 Å². The van der Waals surface area contributed by atoms with Crippen molar-refractivity contribution in [1.82, 2.24) is 0 Å². The van der Waals surface area contributed by atoms with E-state index < -0.39 is 5.54 Å². The number of halogens is 2. The predicted molar refractivity (Wildman–Crippen MR) is 121 cm³/mol. The van der Waals surface area contributed by atoms with Gasteiger partial charge in [-0.25, -0.2) is 4.79 Å². The number of carbonyl (C=O) groups is 1. The molecule has 5 rings (SSSR count). The van der Waals surface area contributed by atoms with Crippen LogP contribution < -0.4 is 9.80 Å². The van der Waals surface area contributed by atoms with Gasteiger partial charge in [-0.05, 0) is 66.2 Å². The second-order valence-corrected chi connectivity index (χ2v) is 8.55. The van der Waals surface area contributed by atoms with Gasteiger partial charge in [0.1, 0.15) is 5.54 Å². The van der Waals surface area contributed by atoms with Gasteiger partial charge in [0.05, 0.1) is 30.9 Å². The molecule has 3 aromatic rings. The largest absolute Gasteiger partial charge is 0.376 e. The minimum absolute atomic E-state index is 0.166. The summed E-state index contributed by atoms with van der Waals surface area (Å²) in [7, 11) is 0. The monoisotopic (exact) mass is 449 g/mol. The zero-order chi connectivity index (χ0) is 21.6. The van der Waals surface area contributed by atoms with E-state index in [1.165, 1.54) is 0 Å². The van der Waals surface area contributed by atoms with Crippen molar-refractivity contribution in [2.45, 2.75) is 11.6 Å². The van der Waals surface area contributed by atoms with Gasteiger partial charge in [-0.15, -0.1) is 0 Å². The first kappa shape index (κ1) is 19.9. The van der Waals surface area contributed by atoms with Gasteiger partial charge in [-0.2, -0.15) is 5.26 Å². The number of urea groups is 1. The Bertz CT molecular complexity index is 1180. The van der Waals surface area contributed by atoms with Gasteiger partial charge < -0.3 is 4.74 Å². The number of hydrogen-bond donors (Lipinski definition) is 0. The van der Waals surface area contributed by atoms with E-state index in [1.807, 2.05) is 42.5 Å². The van der Waals surface area contributed by atoms with Crippen LogP contribution in [0, 0.1) is 11.3 Å². The fourth-order valence-corrected chi connectivity index (χ4v) is 4.68. The van der Waals surface area contributed by atoms with E-state index in [4.69, 9.17) is 27.9 Å². The molecular formula is C24H17Cl2N3O2. The highest BCUT2D eigenvalue weighted by Crippen LogP contribution is 2.51. The number of carbonyl (C=O) groups excluding carboxylic acids is 1. The lowest BCUT2D eigenvalue weighted by Crippen LogP contribution is -2.62. The molecule has 0 bridgehead atoms. The van der Waals surface area contributed by atoms with E-state index in [0.717, 1.165) is 16.9 Å². The fraction of sp³-hybridized carbons (Fsp3) is 0.167. The van der Waals surface area contributed by atoms with Crippen molar-refractivity contribution in [2.75, 3.05) is 23.0 Å². The maximum absolute atomic E-state index is 13.9. The molecule has 0 aromatic heterocycles. The predicted octanol–water partition coefficient (Wildman–Crippen LogP) is 5.82. The first-order chi connectivity index (χ1) is 15.0. The highest BCUT2D eigenvalue weighted by molar-refractivity contribution is 6.31. The standard InChI is InChI=1S/C24H17Cl2N3O2/c25-18-4-8-20(9-5-18)28-22(17-3-1-2-16(12-17)13-27)24(14-31-15-24)29(23(28)30)21-10-6-19(26)7-11-21/h1-12,22H,14-15H2/t22-/m0/s1. The summed E-state index contributed by atoms with van der Waals surface area (Å²) in [5.74, 6) is 0. The zero-order valence-electron chi connectivity index (χ0n) is 16.3. The van der Waals surface area contributed by atoms with E-state index in [2.05, 4.69) is 6.07 Å². The molecule has 0 aliphatic carbocycles. The van der Waals surface area contributed by atoms with E-state index >= 15 is 0 Å². The third-order valence-corrected chi connectivity index (χ3v) is 6.34. The molecule has 2 fully saturated rings. The minimum atomic E-state index is -0.612. The molecule has 3 aromatic carbocycles. The molecule has 0 saturated carbocycles. The topological polar surface area (TPSA) is 56.6 Å². The van der Waals surface area contributed by atoms with Crippen molar-refractivity contribution in [2.24, 2.45) is 0 Å². The Morgan fingerprint density at radius 3 is 2.10 bits per heavy atom. The molecule has 0 N–H and O–H groups in total. The number of nitrogens with zero attached hydrogens (tertiary/aromatic N) is 3. The Labute approximate surface area is 190 Å². The van der Waals surface area contributed by atoms with Gasteiger partial charge in [-0.3, -0.25) is 9.80 Å². The lowest BCUT2D eigenvalue weighted by Gasteiger charge is -2.47. The molecular weight excluding hydrogens is 433 g/mol. The second-order valence-electron chi connectivity index (χ2n) is 7.68. The molecule has 1 spiro atoms. The molecule has 5 nitrogen and oxygen atoms in total. The average molecular weight is 450 g/mol. The van der Waals surface area contributed by atoms with Gasteiger partial charge in [0, 0.05) is 21.4 Å². The van der Waals surface area contributed by atoms with Crippen LogP contribution in [-0.4, -0.2) is 24.8 Å². The van der Waals surface area contributed by atoms with Gasteiger partial charge in [0.15, 0.2) is 0 Å². The van der Waals surface area contributed by atoms with E-state index in [-0.39, 0.29) is 12.1 Å². The fourth-order valence-electron chi connectivity index (χ4n) is 4.43. The van der Waals surface area contributed by atoms with Crippen LogP contribution in [0.15, 0.2) is 72.8 Å². The van der Waals surface area contributed by atoms with E-state index in [1.54, 1.807) is 40.1 Å². The third-order valence-electron chi connectivity index (χ3n) is 5.83. The van der Waals surface area contributed by atoms with Gasteiger partial charge >= 0.3 is 6.03 Å². The SMILES string of the molecule is N#Cc1cccc([C@@H]2N(c3ccc(Cl)cc3)C(=O)N(c3ccc(Cl)cc3)C23COC3)c1. The molecule has 2 amide bonds. The van der Waals surface area contributed by atoms with Crippen LogP contribution in [0.1, 0.15) is 17.2 Å². The van der Waals surface area contributed by atoms with Crippen LogP contribution in [0.2, 0.25) is 10.0 Å². The first-order valence-electron chi connectivity index (χ1n) is 9.76. The highest BCUT2D eigenvalue weighted by atomic mass is 35.5. The number of rotatable bonds is 3. The van der Waals surface area contributed by atoms with Crippen LogP contribution in [0.5, 0.6) is 0 Å². The Kier molecular flexibility index (Phi) is 4.86. The number of anilines is 2. The van der Waals surface area contributed by atoms with Crippen molar-refractivity contribution in [1.29, 1.82) is 5.26 Å². The summed E-state index contributed by atoms with van der Waals surface area (Å²) >= 11 is 12.2.